The van der Waals surface area contributed by atoms with Crippen LogP contribution in [0.4, 0.5) is 0 Å². The van der Waals surface area contributed by atoms with Crippen LogP contribution in [0.5, 0.6) is 0 Å². The van der Waals surface area contributed by atoms with E-state index in [2.05, 4.69) is 27.7 Å². The Balaban J connectivity index is 0.898. The number of carbonyl (C=O) groups is 2. The molecule has 28 heteroatoms. The van der Waals surface area contributed by atoms with Crippen LogP contribution >= 0.6 is 0 Å². The Hall–Kier alpha value is -2.21. The zero-order valence-electron chi connectivity index (χ0n) is 49.3. The third-order valence-electron chi connectivity index (χ3n) is 21.0. The molecule has 482 valence electrons. The van der Waals surface area contributed by atoms with Gasteiger partial charge in [0.2, 0.25) is 0 Å². The van der Waals surface area contributed by atoms with E-state index in [1.807, 2.05) is 26.8 Å². The average molecular weight is 1230 g/mol. The molecule has 28 atom stereocenters. The zero-order chi connectivity index (χ0) is 61.8. The molecule has 1 spiro atoms. The Morgan fingerprint density at radius 3 is 1.92 bits per heavy atom. The van der Waals surface area contributed by atoms with E-state index in [1.54, 1.807) is 0 Å². The number of ether oxygens (including phenoxy) is 11. The predicted molar refractivity (Wildman–Crippen MR) is 283 cm³/mol. The summed E-state index contributed by atoms with van der Waals surface area (Å²) in [5.41, 5.74) is -3.45. The minimum absolute atomic E-state index is 0.0623. The zero-order valence-corrected chi connectivity index (χ0v) is 50.1. The summed E-state index contributed by atoms with van der Waals surface area (Å²) in [4.78, 5) is 26.4. The van der Waals surface area contributed by atoms with Gasteiger partial charge in [-0.3, -0.25) is 14.1 Å². The molecule has 8 fully saturated rings. The fourth-order valence-corrected chi connectivity index (χ4v) is 17.4. The molecule has 0 radical (unpaired) electrons. The van der Waals surface area contributed by atoms with E-state index >= 15 is 0 Å². The van der Waals surface area contributed by atoms with Crippen molar-refractivity contribution in [3.05, 3.63) is 11.6 Å². The van der Waals surface area contributed by atoms with E-state index in [1.165, 1.54) is 21.0 Å². The molecule has 5 saturated heterocycles. The number of hydrogen-bond donors (Lipinski definition) is 11. The van der Waals surface area contributed by atoms with Crippen LogP contribution < -0.4 is 0 Å². The van der Waals surface area contributed by atoms with Crippen molar-refractivity contribution >= 4 is 22.3 Å². The Kier molecular flexibility index (Phi) is 19.1. The molecule has 9 aliphatic rings. The van der Waals surface area contributed by atoms with Crippen molar-refractivity contribution in [2.45, 2.75) is 260 Å². The van der Waals surface area contributed by atoms with Gasteiger partial charge in [-0.05, 0) is 114 Å². The number of aliphatic hydroxyl groups is 10. The highest BCUT2D eigenvalue weighted by Crippen LogP contribution is 2.76. The van der Waals surface area contributed by atoms with E-state index in [0.717, 1.165) is 5.57 Å². The van der Waals surface area contributed by atoms with Gasteiger partial charge in [-0.15, -0.1) is 0 Å². The van der Waals surface area contributed by atoms with E-state index in [4.69, 9.17) is 56.3 Å². The van der Waals surface area contributed by atoms with E-state index in [-0.39, 0.29) is 29.7 Å². The number of rotatable bonds is 18. The molecule has 5 heterocycles. The molecule has 3 saturated carbocycles. The largest absolute Gasteiger partial charge is 0.460 e. The summed E-state index contributed by atoms with van der Waals surface area (Å²) in [5.74, 6) is -1.16. The third-order valence-corrected chi connectivity index (χ3v) is 21.5. The van der Waals surface area contributed by atoms with Gasteiger partial charge in [-0.25, -0.2) is 4.18 Å². The van der Waals surface area contributed by atoms with Gasteiger partial charge in [0.1, 0.15) is 102 Å². The molecule has 27 nitrogen and oxygen atoms in total. The maximum absolute atomic E-state index is 14.6. The Bertz CT molecular complexity index is 2500. The van der Waals surface area contributed by atoms with Crippen molar-refractivity contribution in [1.29, 1.82) is 0 Å². The maximum atomic E-state index is 14.6. The summed E-state index contributed by atoms with van der Waals surface area (Å²) < 4.78 is 104. The molecule has 5 aliphatic heterocycles. The first-order chi connectivity index (χ1) is 39.1. The number of fused-ring (bicyclic) bond motifs is 4. The van der Waals surface area contributed by atoms with Crippen LogP contribution in [0.2, 0.25) is 0 Å². The van der Waals surface area contributed by atoms with Gasteiger partial charge in [-0.2, -0.15) is 8.42 Å². The number of cyclic esters (lactones) is 1. The number of allylic oxidation sites excluding steroid dienone is 1. The highest BCUT2D eigenvalue weighted by Gasteiger charge is 2.79. The van der Waals surface area contributed by atoms with Crippen molar-refractivity contribution in [3.63, 3.8) is 0 Å². The van der Waals surface area contributed by atoms with E-state index < -0.39 is 192 Å². The molecule has 0 bridgehead atoms. The number of hydrogen-bond acceptors (Lipinski definition) is 26. The van der Waals surface area contributed by atoms with Gasteiger partial charge >= 0.3 is 22.3 Å². The van der Waals surface area contributed by atoms with Gasteiger partial charge in [0.05, 0.1) is 38.1 Å². The monoisotopic (exact) mass is 1230 g/mol. The minimum Gasteiger partial charge on any atom is -0.460 e. The summed E-state index contributed by atoms with van der Waals surface area (Å²) in [6.07, 6.45) is -26.6. The van der Waals surface area contributed by atoms with Crippen LogP contribution in [0, 0.1) is 39.4 Å². The molecule has 0 unspecified atom stereocenters. The van der Waals surface area contributed by atoms with Crippen molar-refractivity contribution in [2.24, 2.45) is 39.4 Å². The lowest BCUT2D eigenvalue weighted by atomic mass is 9.40. The lowest BCUT2D eigenvalue weighted by molar-refractivity contribution is -0.389. The van der Waals surface area contributed by atoms with Crippen LogP contribution in [-0.2, 0) is 76.3 Å². The van der Waals surface area contributed by atoms with E-state index in [9.17, 15) is 73.6 Å². The van der Waals surface area contributed by atoms with Gasteiger partial charge in [-0.1, -0.05) is 39.3 Å². The number of aliphatic hydroxyl groups excluding tert-OH is 10. The molecule has 9 rings (SSSR count). The highest BCUT2D eigenvalue weighted by atomic mass is 32.3. The SMILES string of the molecule is CO[C@@H]1[C@@H](O)[C@H](O[C@@H]2[C@@H](O)[C@H](O[C@H]3[C@H](O)[C@@H](O)[C@H](O[C@H]4[C@H](O[C@H]5CC[C@]6(C)C7=C[C@H](O)[C@]89C(=O)O[C@@](C)(CCCC(C)(C)OC(C)=O)[C@H]8CC[C@@]9(C)[C@@H]7CC[C@H]6C5(C)C)OC[C@@H](OS(=O)(=O)O)[C@@H]4O)O[C@@H]3C)O[C@H](CO)[C@H]2O)O[C@H](CO)[C@H]1O. The lowest BCUT2D eigenvalue weighted by Gasteiger charge is -2.64. The van der Waals surface area contributed by atoms with E-state index in [0.29, 0.717) is 57.8 Å². The molecular weight excluding hydrogens is 1140 g/mol. The lowest BCUT2D eigenvalue weighted by Crippen LogP contribution is -2.67. The summed E-state index contributed by atoms with van der Waals surface area (Å²) in [5, 5.41) is 112. The number of methoxy groups -OCH3 is 1. The van der Waals surface area contributed by atoms with Crippen molar-refractivity contribution in [1.82, 2.24) is 0 Å². The standard InChI is InChI=1S/C56H90O27S/c1-24-42(78-48-41(67)44(36(62)29(22-58)76-48)79-47-40(66)43(72-10)35(61)28(21-57)75-47)38(64)39(65)46(74-24)80-45-37(63)30(83-84(69,70)71)23-73-49(45)77-34-15-18-53(7)27-20-33(60)56-32(14-19-54(56,8)26(27)12-13-31(53)52(34,5)6)55(9,82-50(56)68)17-11-16-51(3,4)81-25(2)59/h20,24,26,28-49,57-58,60-67H,11-19,21-23H2,1-10H3,(H,69,70,71)/t24-,26-,28-,29-,30-,31+,32-,33+,34+,35-,36-,37+,38-,39-,40-,41-,42-,43+,44+,45-,46+,47+,48+,49+,53-,54+,55+,56+/m1/s1. The number of carbonyl (C=O) groups excluding carboxylic acids is 2. The van der Waals surface area contributed by atoms with Crippen molar-refractivity contribution in [2.75, 3.05) is 26.9 Å². The fraction of sp³-hybridized carbons (Fsp3) is 0.929. The second-order valence-electron chi connectivity index (χ2n) is 26.8. The summed E-state index contributed by atoms with van der Waals surface area (Å²) in [6.45, 7) is 14.7. The summed E-state index contributed by atoms with van der Waals surface area (Å²) in [6, 6.07) is 0. The molecular formula is C56H90O27S. The molecule has 0 aromatic carbocycles. The first-order valence-corrected chi connectivity index (χ1v) is 30.7. The molecule has 4 aliphatic carbocycles. The summed E-state index contributed by atoms with van der Waals surface area (Å²) >= 11 is 0. The third kappa shape index (κ3) is 11.5. The second kappa shape index (κ2) is 24.2. The average Bonchev–Trinajstić information content (AvgIpc) is 1.47. The Labute approximate surface area is 489 Å². The normalized spacial score (nSPS) is 49.4. The smallest absolute Gasteiger partial charge is 0.397 e. The van der Waals surface area contributed by atoms with Gasteiger partial charge in [0, 0.05) is 20.0 Å². The van der Waals surface area contributed by atoms with Crippen molar-refractivity contribution in [3.8, 4) is 0 Å². The Morgan fingerprint density at radius 2 is 1.31 bits per heavy atom. The van der Waals surface area contributed by atoms with Crippen LogP contribution in [0.1, 0.15) is 120 Å². The van der Waals surface area contributed by atoms with Gasteiger partial charge in [0.25, 0.3) is 0 Å². The highest BCUT2D eigenvalue weighted by molar-refractivity contribution is 7.80. The molecule has 0 aromatic rings. The maximum Gasteiger partial charge on any atom is 0.397 e. The van der Waals surface area contributed by atoms with Crippen LogP contribution in [0.15, 0.2) is 11.6 Å². The first-order valence-electron chi connectivity index (χ1n) is 29.3. The summed E-state index contributed by atoms with van der Waals surface area (Å²) in [7, 11) is -4.01. The first kappa shape index (κ1) is 66.2. The van der Waals surface area contributed by atoms with Gasteiger partial charge in [0.15, 0.2) is 25.2 Å². The fourth-order valence-electron chi connectivity index (χ4n) is 16.9. The van der Waals surface area contributed by atoms with Crippen LogP contribution in [0.25, 0.3) is 0 Å². The van der Waals surface area contributed by atoms with Crippen LogP contribution in [-0.4, -0.2) is 243 Å². The van der Waals surface area contributed by atoms with Crippen molar-refractivity contribution < 1.29 is 130 Å². The predicted octanol–water partition coefficient (Wildman–Crippen LogP) is -0.824. The quantitative estimate of drug-likeness (QED) is 0.0345. The van der Waals surface area contributed by atoms with Gasteiger partial charge < -0.3 is 103 Å². The molecule has 84 heavy (non-hydrogen) atoms. The number of esters is 2. The topological polar surface area (TPSA) is 402 Å². The second-order valence-corrected chi connectivity index (χ2v) is 27.8. The molecule has 0 amide bonds. The Morgan fingerprint density at radius 1 is 0.714 bits per heavy atom. The molecule has 11 N–H and O–H groups in total. The minimum atomic E-state index is -5.19. The van der Waals surface area contributed by atoms with Crippen LogP contribution in [0.3, 0.4) is 0 Å². The molecule has 0 aromatic heterocycles.